The summed E-state index contributed by atoms with van der Waals surface area (Å²) in [5.41, 5.74) is 0. The Morgan fingerprint density at radius 2 is 1.25 bits per heavy atom. The summed E-state index contributed by atoms with van der Waals surface area (Å²) in [7, 11) is 2.72. The smallest absolute Gasteiger partial charge is 0.348 e. The summed E-state index contributed by atoms with van der Waals surface area (Å²) < 4.78 is 9.30. The van der Waals surface area contributed by atoms with Gasteiger partial charge in [-0.25, -0.2) is 9.59 Å². The third-order valence-electron chi connectivity index (χ3n) is 2.44. The number of ether oxygens (including phenoxy) is 2. The quantitative estimate of drug-likeness (QED) is 0.811. The zero-order chi connectivity index (χ0) is 14.5. The SMILES string of the molecule is COC(=O)c1ccc(/C=C/c2ccc(C(=O)OC)s2)s1. The molecule has 4 nitrogen and oxygen atoms in total. The summed E-state index contributed by atoms with van der Waals surface area (Å²) in [6.45, 7) is 0. The molecule has 20 heavy (non-hydrogen) atoms. The van der Waals surface area contributed by atoms with Crippen molar-refractivity contribution in [2.24, 2.45) is 0 Å². The van der Waals surface area contributed by atoms with E-state index in [0.717, 1.165) is 9.75 Å². The van der Waals surface area contributed by atoms with E-state index >= 15 is 0 Å². The number of rotatable bonds is 4. The molecule has 104 valence electrons. The van der Waals surface area contributed by atoms with Crippen molar-refractivity contribution in [2.75, 3.05) is 14.2 Å². The van der Waals surface area contributed by atoms with Crippen LogP contribution >= 0.6 is 22.7 Å². The predicted molar refractivity (Wildman–Crippen MR) is 80.2 cm³/mol. The molecule has 0 amide bonds. The minimum Gasteiger partial charge on any atom is -0.465 e. The van der Waals surface area contributed by atoms with E-state index in [1.807, 2.05) is 24.3 Å². The Hall–Kier alpha value is -1.92. The van der Waals surface area contributed by atoms with Crippen molar-refractivity contribution >= 4 is 46.8 Å². The molecule has 0 radical (unpaired) electrons. The molecule has 0 aliphatic heterocycles. The van der Waals surface area contributed by atoms with Crippen molar-refractivity contribution in [3.8, 4) is 0 Å². The zero-order valence-electron chi connectivity index (χ0n) is 10.9. The Bertz CT molecular complexity index is 595. The number of hydrogen-bond donors (Lipinski definition) is 0. The third-order valence-corrected chi connectivity index (χ3v) is 4.50. The monoisotopic (exact) mass is 308 g/mol. The Labute approximate surface area is 124 Å². The topological polar surface area (TPSA) is 52.6 Å². The normalized spacial score (nSPS) is 10.7. The van der Waals surface area contributed by atoms with E-state index in [-0.39, 0.29) is 11.9 Å². The van der Waals surface area contributed by atoms with E-state index < -0.39 is 0 Å². The number of thiophene rings is 2. The maximum Gasteiger partial charge on any atom is 0.348 e. The van der Waals surface area contributed by atoms with Crippen LogP contribution in [0.15, 0.2) is 24.3 Å². The lowest BCUT2D eigenvalue weighted by atomic mass is 10.3. The van der Waals surface area contributed by atoms with Crippen LogP contribution in [0.2, 0.25) is 0 Å². The standard InChI is InChI=1S/C14H12O4S2/c1-17-13(15)11-7-5-9(19-11)3-4-10-6-8-12(20-10)14(16)18-2/h3-8H,1-2H3/b4-3+. The molecule has 0 spiro atoms. The van der Waals surface area contributed by atoms with Crippen LogP contribution in [-0.2, 0) is 9.47 Å². The highest BCUT2D eigenvalue weighted by molar-refractivity contribution is 7.15. The van der Waals surface area contributed by atoms with E-state index in [2.05, 4.69) is 9.47 Å². The van der Waals surface area contributed by atoms with E-state index in [4.69, 9.17) is 0 Å². The molecule has 2 aromatic heterocycles. The first-order valence-corrected chi connectivity index (χ1v) is 7.31. The second-order valence-electron chi connectivity index (χ2n) is 3.72. The van der Waals surface area contributed by atoms with Crippen molar-refractivity contribution in [2.45, 2.75) is 0 Å². The van der Waals surface area contributed by atoms with Crippen LogP contribution < -0.4 is 0 Å². The molecule has 2 heterocycles. The van der Waals surface area contributed by atoms with Crippen LogP contribution in [0.25, 0.3) is 12.2 Å². The molecule has 0 bridgehead atoms. The number of esters is 2. The van der Waals surface area contributed by atoms with Gasteiger partial charge < -0.3 is 9.47 Å². The molecule has 0 atom stereocenters. The lowest BCUT2D eigenvalue weighted by molar-refractivity contribution is 0.0597. The van der Waals surface area contributed by atoms with Crippen LogP contribution in [0.4, 0.5) is 0 Å². The summed E-state index contributed by atoms with van der Waals surface area (Å²) in [4.78, 5) is 25.7. The van der Waals surface area contributed by atoms with Gasteiger partial charge in [-0.3, -0.25) is 0 Å². The zero-order valence-corrected chi connectivity index (χ0v) is 12.5. The summed E-state index contributed by atoms with van der Waals surface area (Å²) >= 11 is 2.71. The molecule has 0 saturated carbocycles. The van der Waals surface area contributed by atoms with Gasteiger partial charge in [-0.15, -0.1) is 22.7 Å². The highest BCUT2D eigenvalue weighted by Gasteiger charge is 2.09. The van der Waals surface area contributed by atoms with Crippen LogP contribution in [0.5, 0.6) is 0 Å². The van der Waals surface area contributed by atoms with Gasteiger partial charge in [0.05, 0.1) is 14.2 Å². The van der Waals surface area contributed by atoms with Gasteiger partial charge >= 0.3 is 11.9 Å². The van der Waals surface area contributed by atoms with E-state index in [9.17, 15) is 9.59 Å². The first kappa shape index (κ1) is 14.5. The second-order valence-corrected chi connectivity index (χ2v) is 5.95. The fraction of sp³-hybridized carbons (Fsp3) is 0.143. The second kappa shape index (κ2) is 6.49. The predicted octanol–water partition coefficient (Wildman–Crippen LogP) is 3.55. The first-order valence-electron chi connectivity index (χ1n) is 5.68. The highest BCUT2D eigenvalue weighted by atomic mass is 32.1. The molecular formula is C14H12O4S2. The number of carbonyl (C=O) groups excluding carboxylic acids is 2. The van der Waals surface area contributed by atoms with Gasteiger partial charge in [-0.05, 0) is 36.4 Å². The van der Waals surface area contributed by atoms with Gasteiger partial charge in [0.25, 0.3) is 0 Å². The number of carbonyl (C=O) groups is 2. The van der Waals surface area contributed by atoms with Crippen molar-refractivity contribution in [3.63, 3.8) is 0 Å². The van der Waals surface area contributed by atoms with Gasteiger partial charge in [0, 0.05) is 9.75 Å². The first-order chi connectivity index (χ1) is 9.63. The Morgan fingerprint density at radius 1 is 0.850 bits per heavy atom. The molecule has 0 aliphatic rings. The van der Waals surface area contributed by atoms with Crippen molar-refractivity contribution in [1.82, 2.24) is 0 Å². The largest absolute Gasteiger partial charge is 0.465 e. The van der Waals surface area contributed by atoms with Crippen LogP contribution in [0.3, 0.4) is 0 Å². The molecule has 0 aliphatic carbocycles. The van der Waals surface area contributed by atoms with Crippen LogP contribution in [-0.4, -0.2) is 26.2 Å². The van der Waals surface area contributed by atoms with Crippen molar-refractivity contribution in [1.29, 1.82) is 0 Å². The molecule has 0 saturated heterocycles. The van der Waals surface area contributed by atoms with E-state index in [0.29, 0.717) is 9.75 Å². The third kappa shape index (κ3) is 3.34. The van der Waals surface area contributed by atoms with Crippen molar-refractivity contribution < 1.29 is 19.1 Å². The molecular weight excluding hydrogens is 296 g/mol. The van der Waals surface area contributed by atoms with Crippen LogP contribution in [0, 0.1) is 0 Å². The lowest BCUT2D eigenvalue weighted by Crippen LogP contribution is -1.96. The summed E-state index contributed by atoms with van der Waals surface area (Å²) in [5, 5.41) is 0. The number of hydrogen-bond acceptors (Lipinski definition) is 6. The average Bonchev–Trinajstić information content (AvgIpc) is 3.12. The molecule has 6 heteroatoms. The molecule has 2 aromatic rings. The van der Waals surface area contributed by atoms with Crippen molar-refractivity contribution in [3.05, 3.63) is 43.8 Å². The molecule has 0 fully saturated rings. The fourth-order valence-corrected chi connectivity index (χ4v) is 3.13. The molecule has 2 rings (SSSR count). The Morgan fingerprint density at radius 3 is 1.60 bits per heavy atom. The fourth-order valence-electron chi connectivity index (χ4n) is 1.47. The summed E-state index contributed by atoms with van der Waals surface area (Å²) in [6, 6.07) is 7.15. The lowest BCUT2D eigenvalue weighted by Gasteiger charge is -1.91. The van der Waals surface area contributed by atoms with Gasteiger partial charge in [0.2, 0.25) is 0 Å². The van der Waals surface area contributed by atoms with Crippen LogP contribution in [0.1, 0.15) is 29.1 Å². The maximum atomic E-state index is 11.3. The maximum absolute atomic E-state index is 11.3. The molecule has 0 N–H and O–H groups in total. The molecule has 0 aromatic carbocycles. The minimum absolute atomic E-state index is 0.334. The summed E-state index contributed by atoms with van der Waals surface area (Å²) in [5.74, 6) is -0.669. The minimum atomic E-state index is -0.334. The van der Waals surface area contributed by atoms with E-state index in [1.165, 1.54) is 36.9 Å². The van der Waals surface area contributed by atoms with Gasteiger partial charge in [0.1, 0.15) is 9.75 Å². The summed E-state index contributed by atoms with van der Waals surface area (Å²) in [6.07, 6.45) is 3.79. The molecule has 0 unspecified atom stereocenters. The number of methoxy groups -OCH3 is 2. The van der Waals surface area contributed by atoms with E-state index in [1.54, 1.807) is 12.1 Å². The van der Waals surface area contributed by atoms with Gasteiger partial charge in [0.15, 0.2) is 0 Å². The van der Waals surface area contributed by atoms with Gasteiger partial charge in [-0.2, -0.15) is 0 Å². The Kier molecular flexibility index (Phi) is 4.70. The highest BCUT2D eigenvalue weighted by Crippen LogP contribution is 2.23. The Balaban J connectivity index is 2.09. The average molecular weight is 308 g/mol. The van der Waals surface area contributed by atoms with Gasteiger partial charge in [-0.1, -0.05) is 0 Å².